The first-order valence-electron chi connectivity index (χ1n) is 12.4. The van der Waals surface area contributed by atoms with Crippen molar-refractivity contribution in [3.8, 4) is 11.5 Å². The van der Waals surface area contributed by atoms with Crippen molar-refractivity contribution in [2.24, 2.45) is 0 Å². The van der Waals surface area contributed by atoms with Crippen molar-refractivity contribution in [3.05, 3.63) is 36.4 Å². The van der Waals surface area contributed by atoms with Crippen molar-refractivity contribution in [1.82, 2.24) is 0 Å². The van der Waals surface area contributed by atoms with Crippen molar-refractivity contribution in [3.63, 3.8) is 0 Å². The summed E-state index contributed by atoms with van der Waals surface area (Å²) >= 11 is 1.41. The van der Waals surface area contributed by atoms with E-state index in [1.165, 1.54) is 103 Å². The third kappa shape index (κ3) is 45.9. The fourth-order valence-electron chi connectivity index (χ4n) is 2.89. The van der Waals surface area contributed by atoms with E-state index < -0.39 is 26.0 Å². The van der Waals surface area contributed by atoms with Crippen LogP contribution < -0.4 is 4.74 Å². The number of phosphoric acid groups is 2. The fourth-order valence-corrected chi connectivity index (χ4v) is 4.50. The van der Waals surface area contributed by atoms with Gasteiger partial charge in [0.15, 0.2) is 11.5 Å². The maximum atomic E-state index is 9.63. The van der Waals surface area contributed by atoms with Gasteiger partial charge in [0.05, 0.1) is 7.11 Å². The molecule has 1 aromatic carbocycles. The Morgan fingerprint density at radius 1 is 0.925 bits per heavy atom. The van der Waals surface area contributed by atoms with E-state index in [1.54, 1.807) is 12.1 Å². The molecule has 0 radical (unpaired) electrons. The first kappa shape index (κ1) is 47.9. The molecule has 226 valence electrons. The summed E-state index contributed by atoms with van der Waals surface area (Å²) in [6, 6.07) is 5.27. The monoisotopic (exact) mass is 670 g/mol. The van der Waals surface area contributed by atoms with Crippen molar-refractivity contribution >= 4 is 91.7 Å². The van der Waals surface area contributed by atoms with Gasteiger partial charge in [-0.1, -0.05) is 12.1 Å². The quantitative estimate of drug-likeness (QED) is 0.0442. The molecule has 1 rings (SSSR count). The van der Waals surface area contributed by atoms with Crippen LogP contribution in [-0.2, 0) is 30.3 Å². The Labute approximate surface area is 285 Å². The normalized spacial score (nSPS) is 10.8. The van der Waals surface area contributed by atoms with Crippen molar-refractivity contribution in [1.29, 1.82) is 0 Å². The number of methoxy groups -OCH3 is 1. The predicted molar refractivity (Wildman–Crippen MR) is 152 cm³/mol. The molecule has 0 aliphatic rings. The second-order valence-corrected chi connectivity index (χ2v) is 12.6. The van der Waals surface area contributed by atoms with E-state index in [9.17, 15) is 14.2 Å². The minimum absolute atomic E-state index is 0. The summed E-state index contributed by atoms with van der Waals surface area (Å²) < 4.78 is 62.8. The van der Waals surface area contributed by atoms with Crippen LogP contribution in [0, 0.1) is 0 Å². The van der Waals surface area contributed by atoms with Gasteiger partial charge in [-0.15, -0.1) is 6.58 Å². The number of hydrogen-bond donors (Lipinski definition) is 5. The molecule has 0 atom stereocenters. The van der Waals surface area contributed by atoms with Gasteiger partial charge in [-0.05, 0) is 24.1 Å². The van der Waals surface area contributed by atoms with Gasteiger partial charge in [0.1, 0.15) is 0 Å². The summed E-state index contributed by atoms with van der Waals surface area (Å²) in [4.78, 5) is 31.0. The van der Waals surface area contributed by atoms with Crippen LogP contribution in [-0.4, -0.2) is 115 Å². The third-order valence-electron chi connectivity index (χ3n) is 4.54. The zero-order valence-corrected chi connectivity index (χ0v) is 30.3. The number of phenols is 1. The minimum atomic E-state index is -5.17. The molecule has 1 aromatic rings. The Balaban J connectivity index is -0.000000224. The summed E-state index contributed by atoms with van der Waals surface area (Å²) in [7, 11) is -13.7. The summed E-state index contributed by atoms with van der Waals surface area (Å²) in [5.41, 5.74) is 1.08. The van der Waals surface area contributed by atoms with Gasteiger partial charge in [-0.2, -0.15) is 4.31 Å². The molecule has 0 saturated heterocycles. The number of benzene rings is 1. The molecule has 13 nitrogen and oxygen atoms in total. The van der Waals surface area contributed by atoms with Gasteiger partial charge in [0, 0.05) is 10.4 Å². The average Bonchev–Trinajstić information content (AvgIpc) is 2.77. The first-order valence-corrected chi connectivity index (χ1v) is 18.2. The molecule has 18 heteroatoms. The molecule has 0 heterocycles. The van der Waals surface area contributed by atoms with Gasteiger partial charge in [-0.3, -0.25) is 8.42 Å². The number of hydrogen-bond acceptors (Lipinski definition) is 9. The van der Waals surface area contributed by atoms with E-state index >= 15 is 0 Å². The molecule has 0 aliphatic heterocycles. The topological polar surface area (TPSA) is 234 Å². The van der Waals surface area contributed by atoms with E-state index in [0.717, 1.165) is 12.0 Å². The number of phenolic OH excluding ortho intramolecular Hbond substituents is 1. The van der Waals surface area contributed by atoms with Crippen LogP contribution in [0.3, 0.4) is 0 Å². The van der Waals surface area contributed by atoms with Gasteiger partial charge < -0.3 is 38.5 Å². The second kappa shape index (κ2) is 28.7. The molecule has 0 spiro atoms. The van der Waals surface area contributed by atoms with Crippen molar-refractivity contribution in [2.45, 2.75) is 81.2 Å². The second-order valence-electron chi connectivity index (χ2n) is 8.15. The number of allylic oxidation sites excluding steroid dienone is 1. The Hall–Kier alpha value is 0.950. The molecular formula is C22H41CaNaO13P2S. The Bertz CT molecular complexity index is 918. The molecule has 0 amide bonds. The molecule has 0 saturated carbocycles. The molecule has 0 aliphatic carbocycles. The number of unbranched alkanes of at least 4 members (excludes halogenated alkanes) is 9. The van der Waals surface area contributed by atoms with Crippen LogP contribution >= 0.6 is 15.6 Å². The van der Waals surface area contributed by atoms with Gasteiger partial charge in [0.25, 0.3) is 0 Å². The summed E-state index contributed by atoms with van der Waals surface area (Å²) in [6.45, 7) is 5.92. The Morgan fingerprint density at radius 3 is 1.62 bits per heavy atom. The van der Waals surface area contributed by atoms with Crippen molar-refractivity contribution in [2.75, 3.05) is 7.11 Å². The molecule has 0 aromatic heterocycles. The SMILES string of the molecule is C=CCc1ccc(O)c(OC)c1.CCCCCCCCCCC[CH2][Na].O=P(O)(O)OP(=O)(O)O.O=S(=O)([O-])[O-].[Ca+2]. The minimum Gasteiger partial charge on any atom is -0.759 e. The third-order valence-corrected chi connectivity index (χ3v) is 6.95. The number of ether oxygens (including phenoxy) is 1. The molecular weight excluding hydrogens is 629 g/mol. The maximum Gasteiger partial charge on any atom is 2.00 e. The molecule has 0 bridgehead atoms. The average molecular weight is 671 g/mol. The Kier molecular flexibility index (Phi) is 34.4. The predicted octanol–water partition coefficient (Wildman–Crippen LogP) is 4.09. The van der Waals surface area contributed by atoms with Crippen LogP contribution in [0.1, 0.15) is 76.7 Å². The van der Waals surface area contributed by atoms with E-state index in [1.807, 2.05) is 12.1 Å². The molecule has 0 fully saturated rings. The van der Waals surface area contributed by atoms with Crippen LogP contribution in [0.15, 0.2) is 30.9 Å². The van der Waals surface area contributed by atoms with Gasteiger partial charge >= 0.3 is 156 Å². The summed E-state index contributed by atoms with van der Waals surface area (Å²) in [5.74, 6) is 0.680. The van der Waals surface area contributed by atoms with Crippen LogP contribution in [0.2, 0.25) is 3.67 Å². The largest absolute Gasteiger partial charge is 2.00 e. The fraction of sp³-hybridized carbons (Fsp3) is 0.636. The molecule has 5 N–H and O–H groups in total. The van der Waals surface area contributed by atoms with Crippen molar-refractivity contribution < 1.29 is 60.4 Å². The van der Waals surface area contributed by atoms with Gasteiger partial charge in [0.2, 0.25) is 0 Å². The first-order chi connectivity index (χ1) is 17.9. The van der Waals surface area contributed by atoms with Crippen LogP contribution in [0.25, 0.3) is 0 Å². The molecule has 40 heavy (non-hydrogen) atoms. The van der Waals surface area contributed by atoms with Crippen LogP contribution in [0.5, 0.6) is 11.5 Å². The molecule has 0 unspecified atom stereocenters. The zero-order chi connectivity index (χ0) is 31.0. The van der Waals surface area contributed by atoms with E-state index in [0.29, 0.717) is 5.75 Å². The summed E-state index contributed by atoms with van der Waals surface area (Å²) in [5, 5.41) is 9.25. The van der Waals surface area contributed by atoms with E-state index in [2.05, 4.69) is 17.8 Å². The van der Waals surface area contributed by atoms with E-state index in [4.69, 9.17) is 41.8 Å². The van der Waals surface area contributed by atoms with E-state index in [-0.39, 0.29) is 43.5 Å². The maximum absolute atomic E-state index is 9.63. The summed E-state index contributed by atoms with van der Waals surface area (Å²) in [6.07, 6.45) is 17.3. The van der Waals surface area contributed by atoms with Crippen LogP contribution in [0.4, 0.5) is 0 Å². The number of rotatable bonds is 15. The zero-order valence-electron chi connectivity index (χ0n) is 23.5. The standard InChI is InChI=1S/C12H25.C10H12O2.Ca.Na.H4O7P2.H2O4S/c1-3-5-7-9-11-12-10-8-6-4-2;1-3-4-8-5-6-9(11)10(7-8)12-2;;;1-8(2,3)7-9(4,5)6;1-5(2,3)4/h1,3-12H2,2H3;3,5-7,11H,1,4H2,2H3;;;(H2,1,2,3)(H2,4,5,6);(H2,1,2,3,4)/q;;+2;;;/p-2. The Morgan fingerprint density at radius 2 is 1.32 bits per heavy atom. The van der Waals surface area contributed by atoms with Gasteiger partial charge in [-0.25, -0.2) is 9.13 Å². The number of aromatic hydroxyl groups is 1. The smallest absolute Gasteiger partial charge is 0.759 e.